The standard InChI is InChI=1S/C24H31N3O2S/c1-3-5-6-7-14-27-17-22-23(18-27)24(22,4-2)19-10-8-11-20(15-19)26-30(28,29)21-12-9-13-25-16-21/h4,8-13,15-16,22-23,26H,2-3,5-7,14,17-18H2,1H3. The van der Waals surface area contributed by atoms with Gasteiger partial charge in [0.2, 0.25) is 0 Å². The van der Waals surface area contributed by atoms with Crippen LogP contribution in [0, 0.1) is 11.8 Å². The van der Waals surface area contributed by atoms with Crippen molar-refractivity contribution in [3.05, 3.63) is 67.0 Å². The smallest absolute Gasteiger partial charge is 0.263 e. The molecule has 6 heteroatoms. The largest absolute Gasteiger partial charge is 0.303 e. The second-order valence-electron chi connectivity index (χ2n) is 8.55. The molecule has 1 N–H and O–H groups in total. The number of nitrogens with one attached hydrogen (secondary N) is 1. The van der Waals surface area contributed by atoms with E-state index in [-0.39, 0.29) is 10.3 Å². The van der Waals surface area contributed by atoms with Gasteiger partial charge in [-0.05, 0) is 54.6 Å². The molecule has 2 atom stereocenters. The van der Waals surface area contributed by atoms with Gasteiger partial charge in [0.05, 0.1) is 0 Å². The zero-order valence-corrected chi connectivity index (χ0v) is 18.4. The van der Waals surface area contributed by atoms with Gasteiger partial charge in [-0.2, -0.15) is 0 Å². The SMILES string of the molecule is C=CC1(c2cccc(NS(=O)(=O)c3cccnc3)c2)C2CN(CCCCCC)CC21. The topological polar surface area (TPSA) is 62.3 Å². The van der Waals surface area contributed by atoms with Crippen LogP contribution in [0.25, 0.3) is 0 Å². The molecule has 1 aromatic carbocycles. The maximum Gasteiger partial charge on any atom is 0.263 e. The molecular weight excluding hydrogens is 394 g/mol. The van der Waals surface area contributed by atoms with E-state index in [9.17, 15) is 8.42 Å². The van der Waals surface area contributed by atoms with Crippen LogP contribution in [0.15, 0.2) is 66.3 Å². The van der Waals surface area contributed by atoms with E-state index in [0.29, 0.717) is 17.5 Å². The summed E-state index contributed by atoms with van der Waals surface area (Å²) in [7, 11) is -3.65. The second kappa shape index (κ2) is 8.52. The van der Waals surface area contributed by atoms with Crippen molar-refractivity contribution < 1.29 is 8.42 Å². The Morgan fingerprint density at radius 1 is 1.20 bits per heavy atom. The Morgan fingerprint density at radius 2 is 2.00 bits per heavy atom. The Labute approximate surface area is 180 Å². The van der Waals surface area contributed by atoms with Gasteiger partial charge in [-0.25, -0.2) is 8.42 Å². The van der Waals surface area contributed by atoms with Crippen LogP contribution in [0.1, 0.15) is 38.2 Å². The van der Waals surface area contributed by atoms with E-state index in [0.717, 1.165) is 18.7 Å². The van der Waals surface area contributed by atoms with Crippen molar-refractivity contribution in [3.8, 4) is 0 Å². The van der Waals surface area contributed by atoms with Crippen molar-refractivity contribution in [3.63, 3.8) is 0 Å². The maximum absolute atomic E-state index is 12.7. The van der Waals surface area contributed by atoms with E-state index in [1.54, 1.807) is 24.4 Å². The molecule has 2 aromatic rings. The van der Waals surface area contributed by atoms with Gasteiger partial charge in [-0.15, -0.1) is 6.58 Å². The van der Waals surface area contributed by atoms with Crippen molar-refractivity contribution in [2.75, 3.05) is 24.4 Å². The number of unbranched alkanes of at least 4 members (excludes halogenated alkanes) is 3. The number of sulfonamides is 1. The van der Waals surface area contributed by atoms with Crippen molar-refractivity contribution in [2.24, 2.45) is 11.8 Å². The van der Waals surface area contributed by atoms with Gasteiger partial charge in [0, 0.05) is 36.6 Å². The molecule has 0 bridgehead atoms. The molecule has 0 spiro atoms. The quantitative estimate of drug-likeness (QED) is 0.451. The summed E-state index contributed by atoms with van der Waals surface area (Å²) in [4.78, 5) is 6.66. The van der Waals surface area contributed by atoms with Gasteiger partial charge in [0.25, 0.3) is 10.0 Å². The zero-order chi connectivity index (χ0) is 21.2. The van der Waals surface area contributed by atoms with E-state index in [4.69, 9.17) is 0 Å². The molecule has 1 aliphatic carbocycles. The average molecular weight is 426 g/mol. The molecule has 1 aliphatic heterocycles. The molecule has 0 amide bonds. The highest BCUT2D eigenvalue weighted by atomic mass is 32.2. The van der Waals surface area contributed by atoms with E-state index < -0.39 is 10.0 Å². The lowest BCUT2D eigenvalue weighted by atomic mass is 9.90. The summed E-state index contributed by atoms with van der Waals surface area (Å²) in [6.07, 6.45) is 10.2. The van der Waals surface area contributed by atoms with E-state index in [1.165, 1.54) is 38.4 Å². The fraction of sp³-hybridized carbons (Fsp3) is 0.458. The minimum atomic E-state index is -3.65. The molecular formula is C24H31N3O2S. The van der Waals surface area contributed by atoms with Crippen LogP contribution in [0.2, 0.25) is 0 Å². The van der Waals surface area contributed by atoms with Crippen LogP contribution in [0.3, 0.4) is 0 Å². The average Bonchev–Trinajstić information content (AvgIpc) is 3.14. The first-order chi connectivity index (χ1) is 14.5. The highest BCUT2D eigenvalue weighted by Crippen LogP contribution is 2.64. The van der Waals surface area contributed by atoms with Gasteiger partial charge in [-0.3, -0.25) is 9.71 Å². The summed E-state index contributed by atoms with van der Waals surface area (Å²) in [6.45, 7) is 9.79. The Kier molecular flexibility index (Phi) is 5.98. The summed E-state index contributed by atoms with van der Waals surface area (Å²) in [5, 5.41) is 0. The number of hydrogen-bond acceptors (Lipinski definition) is 4. The summed E-state index contributed by atoms with van der Waals surface area (Å²) in [5.74, 6) is 1.15. The number of benzene rings is 1. The lowest BCUT2D eigenvalue weighted by molar-refractivity contribution is 0.278. The third-order valence-electron chi connectivity index (χ3n) is 6.74. The second-order valence-corrected chi connectivity index (χ2v) is 10.2. The van der Waals surface area contributed by atoms with E-state index >= 15 is 0 Å². The maximum atomic E-state index is 12.7. The normalized spacial score (nSPS) is 25.6. The first-order valence-electron chi connectivity index (χ1n) is 10.9. The van der Waals surface area contributed by atoms with Crippen LogP contribution in [-0.2, 0) is 15.4 Å². The minimum absolute atomic E-state index is 0.0321. The lowest BCUT2D eigenvalue weighted by Gasteiger charge is -2.25. The summed E-state index contributed by atoms with van der Waals surface area (Å²) in [5.41, 5.74) is 1.71. The number of piperidine rings is 1. The fourth-order valence-electron chi connectivity index (χ4n) is 5.12. The molecule has 2 unspecified atom stereocenters. The van der Waals surface area contributed by atoms with Crippen LogP contribution >= 0.6 is 0 Å². The van der Waals surface area contributed by atoms with Crippen LogP contribution in [0.4, 0.5) is 5.69 Å². The molecule has 2 fully saturated rings. The lowest BCUT2D eigenvalue weighted by Crippen LogP contribution is -2.30. The molecule has 1 aromatic heterocycles. The first-order valence-corrected chi connectivity index (χ1v) is 12.4. The molecule has 2 heterocycles. The Hall–Kier alpha value is -2.18. The van der Waals surface area contributed by atoms with Gasteiger partial charge in [0.15, 0.2) is 0 Å². The summed E-state index contributed by atoms with van der Waals surface area (Å²) < 4.78 is 28.0. The third kappa shape index (κ3) is 3.91. The number of allylic oxidation sites excluding steroid dienone is 1. The highest BCUT2D eigenvalue weighted by molar-refractivity contribution is 7.92. The van der Waals surface area contributed by atoms with Crippen molar-refractivity contribution >= 4 is 15.7 Å². The Bertz CT molecular complexity index is 979. The fourth-order valence-corrected chi connectivity index (χ4v) is 6.13. The Balaban J connectivity index is 1.45. The number of anilines is 1. The number of rotatable bonds is 10. The number of hydrogen-bond donors (Lipinski definition) is 1. The number of fused-ring (bicyclic) bond motifs is 1. The third-order valence-corrected chi connectivity index (χ3v) is 8.11. The molecule has 160 valence electrons. The Morgan fingerprint density at radius 3 is 2.67 bits per heavy atom. The van der Waals surface area contributed by atoms with E-state index in [1.807, 2.05) is 12.1 Å². The van der Waals surface area contributed by atoms with Crippen LogP contribution < -0.4 is 4.72 Å². The van der Waals surface area contributed by atoms with E-state index in [2.05, 4.69) is 40.3 Å². The zero-order valence-electron chi connectivity index (χ0n) is 17.6. The molecule has 30 heavy (non-hydrogen) atoms. The monoisotopic (exact) mass is 425 g/mol. The van der Waals surface area contributed by atoms with Crippen LogP contribution in [0.5, 0.6) is 0 Å². The van der Waals surface area contributed by atoms with Gasteiger partial charge in [0.1, 0.15) is 4.90 Å². The minimum Gasteiger partial charge on any atom is -0.303 e. The molecule has 1 saturated carbocycles. The number of aromatic nitrogens is 1. The molecule has 5 nitrogen and oxygen atoms in total. The molecule has 0 radical (unpaired) electrons. The number of nitrogens with zero attached hydrogens (tertiary/aromatic N) is 2. The summed E-state index contributed by atoms with van der Waals surface area (Å²) in [6, 6.07) is 11.0. The van der Waals surface area contributed by atoms with Gasteiger partial charge >= 0.3 is 0 Å². The molecule has 2 aliphatic rings. The van der Waals surface area contributed by atoms with Gasteiger partial charge in [-0.1, -0.05) is 44.4 Å². The van der Waals surface area contributed by atoms with Crippen molar-refractivity contribution in [1.29, 1.82) is 0 Å². The predicted molar refractivity (Wildman–Crippen MR) is 121 cm³/mol. The van der Waals surface area contributed by atoms with Crippen molar-refractivity contribution in [1.82, 2.24) is 9.88 Å². The molecule has 4 rings (SSSR count). The summed E-state index contributed by atoms with van der Waals surface area (Å²) >= 11 is 0. The van der Waals surface area contributed by atoms with Crippen LogP contribution in [-0.4, -0.2) is 37.9 Å². The molecule has 1 saturated heterocycles. The highest BCUT2D eigenvalue weighted by Gasteiger charge is 2.66. The van der Waals surface area contributed by atoms with Gasteiger partial charge < -0.3 is 4.90 Å². The van der Waals surface area contributed by atoms with Crippen molar-refractivity contribution in [2.45, 2.75) is 42.9 Å². The first kappa shape index (κ1) is 21.1. The number of likely N-dealkylation sites (tertiary alicyclic amines) is 1. The number of pyridine rings is 1. The predicted octanol–water partition coefficient (Wildman–Crippen LogP) is 4.45.